The van der Waals surface area contributed by atoms with E-state index in [1.54, 1.807) is 18.3 Å². The lowest BCUT2D eigenvalue weighted by atomic mass is 9.99. The molecule has 0 N–H and O–H groups in total. The minimum absolute atomic E-state index is 0.0691. The second kappa shape index (κ2) is 4.90. The number of halogens is 1. The molecule has 5 heteroatoms. The average Bonchev–Trinajstić information content (AvgIpc) is 2.47. The Kier molecular flexibility index (Phi) is 3.08. The number of nitro benzene ring substituents is 1. The summed E-state index contributed by atoms with van der Waals surface area (Å²) >= 11 is 6.08. The van der Waals surface area contributed by atoms with Crippen LogP contribution in [-0.4, -0.2) is 9.91 Å². The van der Waals surface area contributed by atoms with Crippen LogP contribution in [0.2, 0.25) is 5.15 Å². The van der Waals surface area contributed by atoms with Gasteiger partial charge in [0, 0.05) is 23.7 Å². The third kappa shape index (κ3) is 2.10. The number of rotatable bonds is 2. The Morgan fingerprint density at radius 3 is 2.65 bits per heavy atom. The van der Waals surface area contributed by atoms with Crippen molar-refractivity contribution < 1.29 is 4.92 Å². The minimum Gasteiger partial charge on any atom is -0.258 e. The number of hydrogen-bond acceptors (Lipinski definition) is 3. The first-order valence-corrected chi connectivity index (χ1v) is 6.32. The Morgan fingerprint density at radius 1 is 1.05 bits per heavy atom. The number of benzene rings is 2. The van der Waals surface area contributed by atoms with Crippen LogP contribution in [0.25, 0.3) is 21.9 Å². The minimum atomic E-state index is -0.400. The first-order chi connectivity index (χ1) is 9.66. The van der Waals surface area contributed by atoms with Gasteiger partial charge in [0.2, 0.25) is 0 Å². The molecule has 1 aromatic heterocycles. The maximum absolute atomic E-state index is 10.9. The van der Waals surface area contributed by atoms with Crippen molar-refractivity contribution in [2.45, 2.75) is 0 Å². The first-order valence-electron chi connectivity index (χ1n) is 5.95. The van der Waals surface area contributed by atoms with Crippen molar-refractivity contribution >= 4 is 28.1 Å². The van der Waals surface area contributed by atoms with E-state index in [0.29, 0.717) is 5.15 Å². The van der Waals surface area contributed by atoms with Crippen molar-refractivity contribution in [1.29, 1.82) is 0 Å². The van der Waals surface area contributed by atoms with Crippen LogP contribution in [0.4, 0.5) is 5.69 Å². The summed E-state index contributed by atoms with van der Waals surface area (Å²) in [6.45, 7) is 0. The molecule has 98 valence electrons. The lowest BCUT2D eigenvalue weighted by Gasteiger charge is -2.07. The van der Waals surface area contributed by atoms with Gasteiger partial charge in [0.25, 0.3) is 5.69 Å². The number of aromatic nitrogens is 1. The summed E-state index contributed by atoms with van der Waals surface area (Å²) in [7, 11) is 0. The highest BCUT2D eigenvalue weighted by Crippen LogP contribution is 2.32. The van der Waals surface area contributed by atoms with E-state index in [1.165, 1.54) is 6.07 Å². The van der Waals surface area contributed by atoms with Gasteiger partial charge < -0.3 is 0 Å². The first kappa shape index (κ1) is 12.6. The number of non-ortho nitro benzene ring substituents is 1. The highest BCUT2D eigenvalue weighted by atomic mass is 35.5. The van der Waals surface area contributed by atoms with Crippen LogP contribution in [0.5, 0.6) is 0 Å². The molecule has 0 bridgehead atoms. The standard InChI is InChI=1S/C15H9ClN2O2/c16-15-14-6-2-5-12(13(14)7-8-17-15)10-3-1-4-11(9-10)18(19)20/h1-9H. The molecule has 0 spiro atoms. The Balaban J connectivity index is 2.27. The predicted molar refractivity (Wildman–Crippen MR) is 78.8 cm³/mol. The lowest BCUT2D eigenvalue weighted by Crippen LogP contribution is -1.89. The van der Waals surface area contributed by atoms with Crippen LogP contribution < -0.4 is 0 Å². The number of fused-ring (bicyclic) bond motifs is 1. The molecule has 3 aromatic rings. The fourth-order valence-electron chi connectivity index (χ4n) is 2.21. The van der Waals surface area contributed by atoms with Gasteiger partial charge in [-0.25, -0.2) is 4.98 Å². The van der Waals surface area contributed by atoms with Crippen molar-refractivity contribution in [2.75, 3.05) is 0 Å². The van der Waals surface area contributed by atoms with Crippen molar-refractivity contribution in [3.63, 3.8) is 0 Å². The number of nitro groups is 1. The van der Waals surface area contributed by atoms with Crippen molar-refractivity contribution in [1.82, 2.24) is 4.98 Å². The molecule has 20 heavy (non-hydrogen) atoms. The van der Waals surface area contributed by atoms with Crippen LogP contribution in [0, 0.1) is 10.1 Å². The van der Waals surface area contributed by atoms with Crippen LogP contribution in [-0.2, 0) is 0 Å². The number of hydrogen-bond donors (Lipinski definition) is 0. The van der Waals surface area contributed by atoms with Gasteiger partial charge in [0.15, 0.2) is 0 Å². The van der Waals surface area contributed by atoms with Crippen LogP contribution >= 0.6 is 11.6 Å². The molecule has 0 amide bonds. The van der Waals surface area contributed by atoms with Crippen molar-refractivity contribution in [3.8, 4) is 11.1 Å². The Labute approximate surface area is 119 Å². The van der Waals surface area contributed by atoms with E-state index in [-0.39, 0.29) is 5.69 Å². The molecule has 0 aliphatic heterocycles. The average molecular weight is 285 g/mol. The third-order valence-electron chi connectivity index (χ3n) is 3.13. The second-order valence-corrected chi connectivity index (χ2v) is 4.67. The molecule has 0 unspecified atom stereocenters. The SMILES string of the molecule is O=[N+]([O-])c1cccc(-c2cccc3c(Cl)nccc23)c1. The Morgan fingerprint density at radius 2 is 1.85 bits per heavy atom. The molecule has 0 saturated heterocycles. The normalized spacial score (nSPS) is 10.7. The summed E-state index contributed by atoms with van der Waals surface area (Å²) in [6.07, 6.45) is 1.63. The van der Waals surface area contributed by atoms with Gasteiger partial charge in [0.05, 0.1) is 4.92 Å². The van der Waals surface area contributed by atoms with E-state index < -0.39 is 4.92 Å². The van der Waals surface area contributed by atoms with E-state index in [9.17, 15) is 10.1 Å². The molecular formula is C15H9ClN2O2. The van der Waals surface area contributed by atoms with E-state index >= 15 is 0 Å². The zero-order chi connectivity index (χ0) is 14.1. The highest BCUT2D eigenvalue weighted by Gasteiger charge is 2.10. The molecule has 4 nitrogen and oxygen atoms in total. The predicted octanol–water partition coefficient (Wildman–Crippen LogP) is 4.46. The molecule has 1 heterocycles. The quantitative estimate of drug-likeness (QED) is 0.396. The Bertz CT molecular complexity index is 818. The smallest absolute Gasteiger partial charge is 0.258 e. The number of pyridine rings is 1. The van der Waals surface area contributed by atoms with E-state index in [2.05, 4.69) is 4.98 Å². The summed E-state index contributed by atoms with van der Waals surface area (Å²) in [5.41, 5.74) is 1.75. The largest absolute Gasteiger partial charge is 0.270 e. The summed E-state index contributed by atoms with van der Waals surface area (Å²) in [5.74, 6) is 0. The molecular weight excluding hydrogens is 276 g/mol. The summed E-state index contributed by atoms with van der Waals surface area (Å²) < 4.78 is 0. The van der Waals surface area contributed by atoms with Gasteiger partial charge in [0.1, 0.15) is 5.15 Å². The van der Waals surface area contributed by atoms with Crippen molar-refractivity contribution in [3.05, 3.63) is 70.0 Å². The van der Waals surface area contributed by atoms with E-state index in [0.717, 1.165) is 21.9 Å². The topological polar surface area (TPSA) is 56.0 Å². The maximum Gasteiger partial charge on any atom is 0.270 e. The van der Waals surface area contributed by atoms with E-state index in [4.69, 9.17) is 11.6 Å². The molecule has 0 aliphatic carbocycles. The summed E-state index contributed by atoms with van der Waals surface area (Å²) in [6, 6.07) is 14.1. The van der Waals surface area contributed by atoms with Gasteiger partial charge >= 0.3 is 0 Å². The van der Waals surface area contributed by atoms with Gasteiger partial charge in [-0.15, -0.1) is 0 Å². The van der Waals surface area contributed by atoms with Gasteiger partial charge in [-0.2, -0.15) is 0 Å². The monoisotopic (exact) mass is 284 g/mol. The van der Waals surface area contributed by atoms with Gasteiger partial charge in [-0.1, -0.05) is 41.9 Å². The van der Waals surface area contributed by atoms with Gasteiger partial charge in [-0.3, -0.25) is 10.1 Å². The molecule has 0 aliphatic rings. The summed E-state index contributed by atoms with van der Waals surface area (Å²) in [4.78, 5) is 14.5. The fourth-order valence-corrected chi connectivity index (χ4v) is 2.43. The molecule has 0 fully saturated rings. The zero-order valence-corrected chi connectivity index (χ0v) is 11.0. The highest BCUT2D eigenvalue weighted by molar-refractivity contribution is 6.34. The summed E-state index contributed by atoms with van der Waals surface area (Å²) in [5, 5.41) is 13.1. The molecule has 2 aromatic carbocycles. The second-order valence-electron chi connectivity index (χ2n) is 4.31. The zero-order valence-electron chi connectivity index (χ0n) is 10.3. The lowest BCUT2D eigenvalue weighted by molar-refractivity contribution is -0.384. The van der Waals surface area contributed by atoms with Crippen LogP contribution in [0.3, 0.4) is 0 Å². The van der Waals surface area contributed by atoms with Crippen LogP contribution in [0.15, 0.2) is 54.7 Å². The van der Waals surface area contributed by atoms with Gasteiger partial charge in [-0.05, 0) is 22.6 Å². The molecule has 0 saturated carbocycles. The molecule has 0 atom stereocenters. The maximum atomic E-state index is 10.9. The molecule has 0 radical (unpaired) electrons. The van der Waals surface area contributed by atoms with Crippen molar-refractivity contribution in [2.24, 2.45) is 0 Å². The third-order valence-corrected chi connectivity index (χ3v) is 3.43. The van der Waals surface area contributed by atoms with Crippen LogP contribution in [0.1, 0.15) is 0 Å². The molecule has 3 rings (SSSR count). The van der Waals surface area contributed by atoms with E-state index in [1.807, 2.05) is 30.3 Å². The Hall–Kier alpha value is -2.46. The number of nitrogens with zero attached hydrogens (tertiary/aromatic N) is 2. The fraction of sp³-hybridized carbons (Fsp3) is 0.